The Morgan fingerprint density at radius 2 is 2.08 bits per heavy atom. The summed E-state index contributed by atoms with van der Waals surface area (Å²) >= 11 is 7.64. The predicted octanol–water partition coefficient (Wildman–Crippen LogP) is 4.38. The lowest BCUT2D eigenvalue weighted by molar-refractivity contribution is 1.53. The summed E-state index contributed by atoms with van der Waals surface area (Å²) in [4.78, 5) is 0. The highest BCUT2D eigenvalue weighted by atomic mass is 35.5. The van der Waals surface area contributed by atoms with Gasteiger partial charge in [0.05, 0.1) is 0 Å². The van der Waals surface area contributed by atoms with Crippen LogP contribution in [0.4, 0.5) is 0 Å². The van der Waals surface area contributed by atoms with Gasteiger partial charge in [0.25, 0.3) is 0 Å². The Balaban J connectivity index is 2.53. The molecule has 0 atom stereocenters. The molecule has 66 valence electrons. The molecule has 0 N–H and O–H groups in total. The van der Waals surface area contributed by atoms with E-state index in [9.17, 15) is 0 Å². The van der Waals surface area contributed by atoms with Crippen molar-refractivity contribution in [2.75, 3.05) is 0 Å². The molecule has 0 radical (unpaired) electrons. The number of benzene rings is 1. The van der Waals surface area contributed by atoms with E-state index in [4.69, 9.17) is 11.6 Å². The minimum Gasteiger partial charge on any atom is -0.151 e. The van der Waals surface area contributed by atoms with Crippen LogP contribution in [-0.2, 0) is 0 Å². The molecule has 0 aliphatic rings. The van der Waals surface area contributed by atoms with Crippen LogP contribution >= 0.6 is 22.9 Å². The van der Waals surface area contributed by atoms with E-state index < -0.39 is 0 Å². The molecule has 2 heteroatoms. The van der Waals surface area contributed by atoms with Crippen LogP contribution in [-0.4, -0.2) is 0 Å². The fraction of sp³-hybridized carbons (Fsp3) is 0.0909. The Labute approximate surface area is 86.8 Å². The maximum Gasteiger partial charge on any atom is 0.0412 e. The number of rotatable bonds is 1. The van der Waals surface area contributed by atoms with E-state index in [0.717, 1.165) is 5.02 Å². The Morgan fingerprint density at radius 3 is 2.69 bits per heavy atom. The highest BCUT2D eigenvalue weighted by Gasteiger charge is 2.02. The van der Waals surface area contributed by atoms with Crippen molar-refractivity contribution < 1.29 is 0 Å². The average Bonchev–Trinajstić information content (AvgIpc) is 2.51. The van der Waals surface area contributed by atoms with Gasteiger partial charge in [-0.25, -0.2) is 0 Å². The van der Waals surface area contributed by atoms with Crippen molar-refractivity contribution in [3.05, 3.63) is 45.6 Å². The van der Waals surface area contributed by atoms with Gasteiger partial charge in [0, 0.05) is 5.02 Å². The summed E-state index contributed by atoms with van der Waals surface area (Å²) in [5, 5.41) is 5.10. The van der Waals surface area contributed by atoms with Crippen molar-refractivity contribution in [2.24, 2.45) is 0 Å². The topological polar surface area (TPSA) is 0 Å². The van der Waals surface area contributed by atoms with Gasteiger partial charge in [-0.15, -0.1) is 0 Å². The molecule has 0 fully saturated rings. The first-order chi connectivity index (χ1) is 6.27. The Bertz CT molecular complexity index is 418. The molecule has 1 heterocycles. The van der Waals surface area contributed by atoms with Gasteiger partial charge < -0.3 is 0 Å². The molecule has 0 spiro atoms. The number of hydrogen-bond donors (Lipinski definition) is 0. The van der Waals surface area contributed by atoms with E-state index in [2.05, 4.69) is 23.8 Å². The highest BCUT2D eigenvalue weighted by Crippen LogP contribution is 2.28. The summed E-state index contributed by atoms with van der Waals surface area (Å²) in [7, 11) is 0. The first-order valence-electron chi connectivity index (χ1n) is 4.06. The molecule has 1 aromatic carbocycles. The molecule has 0 bridgehead atoms. The van der Waals surface area contributed by atoms with Gasteiger partial charge >= 0.3 is 0 Å². The number of hydrogen-bond acceptors (Lipinski definition) is 1. The lowest BCUT2D eigenvalue weighted by atomic mass is 10.1. The van der Waals surface area contributed by atoms with Crippen LogP contribution in [0.2, 0.25) is 5.02 Å². The lowest BCUT2D eigenvalue weighted by Gasteiger charge is -1.99. The number of aryl methyl sites for hydroxylation is 1. The minimum absolute atomic E-state index is 0.795. The second-order valence-electron chi connectivity index (χ2n) is 2.98. The lowest BCUT2D eigenvalue weighted by Crippen LogP contribution is -1.76. The van der Waals surface area contributed by atoms with E-state index in [0.29, 0.717) is 0 Å². The fourth-order valence-corrected chi connectivity index (χ4v) is 2.36. The molecular formula is C11H9ClS. The predicted molar refractivity (Wildman–Crippen MR) is 59.5 cm³/mol. The largest absolute Gasteiger partial charge is 0.151 e. The molecule has 0 amide bonds. The summed E-state index contributed by atoms with van der Waals surface area (Å²) in [6.45, 7) is 2.12. The smallest absolute Gasteiger partial charge is 0.0412 e. The minimum atomic E-state index is 0.795. The number of thiophene rings is 1. The maximum atomic E-state index is 5.92. The summed E-state index contributed by atoms with van der Waals surface area (Å²) in [5.74, 6) is 0. The zero-order chi connectivity index (χ0) is 9.26. The second kappa shape index (κ2) is 3.52. The van der Waals surface area contributed by atoms with Crippen molar-refractivity contribution in [1.82, 2.24) is 0 Å². The van der Waals surface area contributed by atoms with Crippen LogP contribution in [0, 0.1) is 6.92 Å². The number of halogens is 1. The first-order valence-corrected chi connectivity index (χ1v) is 5.38. The van der Waals surface area contributed by atoms with Crippen LogP contribution in [0.25, 0.3) is 11.1 Å². The van der Waals surface area contributed by atoms with Crippen LogP contribution in [0.1, 0.15) is 5.56 Å². The quantitative estimate of drug-likeness (QED) is 0.653. The second-order valence-corrected chi connectivity index (χ2v) is 4.16. The Hall–Kier alpha value is -0.790. The first kappa shape index (κ1) is 8.79. The summed E-state index contributed by atoms with van der Waals surface area (Å²) in [6.07, 6.45) is 0. The third kappa shape index (κ3) is 1.77. The van der Waals surface area contributed by atoms with Gasteiger partial charge in [-0.3, -0.25) is 0 Å². The third-order valence-electron chi connectivity index (χ3n) is 1.99. The molecule has 2 aromatic rings. The summed E-state index contributed by atoms with van der Waals surface area (Å²) in [6, 6.07) is 7.96. The molecular weight excluding hydrogens is 200 g/mol. The van der Waals surface area contributed by atoms with Gasteiger partial charge in [-0.05, 0) is 46.5 Å². The molecule has 0 saturated carbocycles. The average molecular weight is 209 g/mol. The molecule has 2 rings (SSSR count). The normalized spacial score (nSPS) is 10.3. The van der Waals surface area contributed by atoms with Crippen LogP contribution in [0.3, 0.4) is 0 Å². The Kier molecular flexibility index (Phi) is 2.38. The zero-order valence-corrected chi connectivity index (χ0v) is 8.82. The van der Waals surface area contributed by atoms with E-state index in [-0.39, 0.29) is 0 Å². The SMILES string of the molecule is Cc1cscc1-c1cccc(Cl)c1. The maximum absolute atomic E-state index is 5.92. The molecule has 0 saturated heterocycles. The van der Waals surface area contributed by atoms with Crippen molar-refractivity contribution in [3.8, 4) is 11.1 Å². The molecule has 1 aromatic heterocycles. The highest BCUT2D eigenvalue weighted by molar-refractivity contribution is 7.08. The van der Waals surface area contributed by atoms with E-state index >= 15 is 0 Å². The molecule has 0 nitrogen and oxygen atoms in total. The van der Waals surface area contributed by atoms with E-state index in [1.54, 1.807) is 11.3 Å². The summed E-state index contributed by atoms with van der Waals surface area (Å²) < 4.78 is 0. The third-order valence-corrected chi connectivity index (χ3v) is 3.09. The van der Waals surface area contributed by atoms with Gasteiger partial charge in [0.2, 0.25) is 0 Å². The van der Waals surface area contributed by atoms with Gasteiger partial charge in [-0.2, -0.15) is 11.3 Å². The van der Waals surface area contributed by atoms with Crippen LogP contribution in [0.5, 0.6) is 0 Å². The van der Waals surface area contributed by atoms with E-state index in [1.807, 2.05) is 18.2 Å². The standard InChI is InChI=1S/C11H9ClS/c1-8-6-13-7-11(8)9-3-2-4-10(12)5-9/h2-7H,1H3. The van der Waals surface area contributed by atoms with E-state index in [1.165, 1.54) is 16.7 Å². The summed E-state index contributed by atoms with van der Waals surface area (Å²) in [5.41, 5.74) is 3.80. The van der Waals surface area contributed by atoms with Gasteiger partial charge in [0.15, 0.2) is 0 Å². The molecule has 0 aliphatic heterocycles. The molecule has 0 unspecified atom stereocenters. The molecule has 0 aliphatic carbocycles. The monoisotopic (exact) mass is 208 g/mol. The van der Waals surface area contributed by atoms with Gasteiger partial charge in [0.1, 0.15) is 0 Å². The van der Waals surface area contributed by atoms with Crippen LogP contribution in [0.15, 0.2) is 35.0 Å². The van der Waals surface area contributed by atoms with Crippen molar-refractivity contribution >= 4 is 22.9 Å². The fourth-order valence-electron chi connectivity index (χ4n) is 1.31. The zero-order valence-electron chi connectivity index (χ0n) is 7.25. The molecule has 13 heavy (non-hydrogen) atoms. The Morgan fingerprint density at radius 1 is 1.23 bits per heavy atom. The van der Waals surface area contributed by atoms with Gasteiger partial charge in [-0.1, -0.05) is 23.7 Å². The van der Waals surface area contributed by atoms with Crippen molar-refractivity contribution in [2.45, 2.75) is 6.92 Å². The van der Waals surface area contributed by atoms with Crippen LogP contribution < -0.4 is 0 Å². The van der Waals surface area contributed by atoms with Crippen molar-refractivity contribution in [3.63, 3.8) is 0 Å². The van der Waals surface area contributed by atoms with Crippen molar-refractivity contribution in [1.29, 1.82) is 0 Å².